The zero-order valence-electron chi connectivity index (χ0n) is 19.7. The Hall–Kier alpha value is -2.55. The third kappa shape index (κ3) is 8.61. The smallest absolute Gasteiger partial charge is 0.134 e. The van der Waals surface area contributed by atoms with Crippen LogP contribution in [0.15, 0.2) is 42.5 Å². The summed E-state index contributed by atoms with van der Waals surface area (Å²) in [5.74, 6) is 0.502. The average Bonchev–Trinajstić information content (AvgIpc) is 2.73. The van der Waals surface area contributed by atoms with Gasteiger partial charge in [0.2, 0.25) is 0 Å². The zero-order chi connectivity index (χ0) is 22.8. The van der Waals surface area contributed by atoms with Crippen molar-refractivity contribution in [3.8, 4) is 0 Å². The lowest BCUT2D eigenvalue weighted by Crippen LogP contribution is -2.04. The second kappa shape index (κ2) is 12.3. The first kappa shape index (κ1) is 24.7. The molecule has 0 N–H and O–H groups in total. The standard InChI is InChI=1S/C28H37NO2/c1-6-20(3)11-12-24-17-26(9-8-10-28(31)7-2)29-27(19-24)18-23-13-14-25(16-22(5)30)21(4)15-23/h13-15,17,19H,3,6-12,16,18H2,1-2,4-5H3. The van der Waals surface area contributed by atoms with E-state index in [1.165, 1.54) is 16.7 Å². The molecule has 0 amide bonds. The van der Waals surface area contributed by atoms with Gasteiger partial charge in [0.05, 0.1) is 0 Å². The van der Waals surface area contributed by atoms with Gasteiger partial charge in [0.1, 0.15) is 11.6 Å². The van der Waals surface area contributed by atoms with Gasteiger partial charge in [-0.1, -0.05) is 44.2 Å². The van der Waals surface area contributed by atoms with Crippen molar-refractivity contribution < 1.29 is 9.59 Å². The van der Waals surface area contributed by atoms with Crippen molar-refractivity contribution in [1.82, 2.24) is 4.98 Å². The lowest BCUT2D eigenvalue weighted by atomic mass is 9.97. The molecule has 0 aliphatic carbocycles. The van der Waals surface area contributed by atoms with Gasteiger partial charge >= 0.3 is 0 Å². The molecule has 0 aliphatic rings. The van der Waals surface area contributed by atoms with Crippen molar-refractivity contribution in [3.63, 3.8) is 0 Å². The first-order valence-corrected chi connectivity index (χ1v) is 11.6. The predicted octanol–water partition coefficient (Wildman–Crippen LogP) is 6.31. The summed E-state index contributed by atoms with van der Waals surface area (Å²) < 4.78 is 0. The largest absolute Gasteiger partial charge is 0.300 e. The van der Waals surface area contributed by atoms with Crippen molar-refractivity contribution >= 4 is 11.6 Å². The van der Waals surface area contributed by atoms with Crippen molar-refractivity contribution in [2.24, 2.45) is 0 Å². The number of hydrogen-bond donors (Lipinski definition) is 0. The topological polar surface area (TPSA) is 47.0 Å². The quantitative estimate of drug-likeness (QED) is 0.357. The molecule has 0 bridgehead atoms. The van der Waals surface area contributed by atoms with Crippen LogP contribution in [-0.4, -0.2) is 16.6 Å². The molecular formula is C28H37NO2. The number of ketones is 2. The minimum atomic E-state index is 0.185. The van der Waals surface area contributed by atoms with E-state index in [9.17, 15) is 9.59 Å². The summed E-state index contributed by atoms with van der Waals surface area (Å²) in [5.41, 5.74) is 8.16. The van der Waals surface area contributed by atoms with Gasteiger partial charge in [0.15, 0.2) is 0 Å². The highest BCUT2D eigenvalue weighted by molar-refractivity contribution is 5.78. The number of aryl methyl sites for hydroxylation is 3. The number of pyridine rings is 1. The maximum Gasteiger partial charge on any atom is 0.134 e. The molecule has 2 rings (SSSR count). The fourth-order valence-electron chi connectivity index (χ4n) is 3.77. The molecule has 2 aromatic rings. The Morgan fingerprint density at radius 2 is 1.68 bits per heavy atom. The molecule has 1 heterocycles. The summed E-state index contributed by atoms with van der Waals surface area (Å²) in [6.45, 7) is 11.9. The number of carbonyl (C=O) groups is 2. The Balaban J connectivity index is 2.20. The zero-order valence-corrected chi connectivity index (χ0v) is 19.7. The Kier molecular flexibility index (Phi) is 9.84. The molecule has 1 aromatic carbocycles. The van der Waals surface area contributed by atoms with E-state index in [4.69, 9.17) is 4.98 Å². The fraction of sp³-hybridized carbons (Fsp3) is 0.464. The van der Waals surface area contributed by atoms with Crippen LogP contribution in [0.4, 0.5) is 0 Å². The number of benzene rings is 1. The van der Waals surface area contributed by atoms with E-state index in [2.05, 4.69) is 50.8 Å². The van der Waals surface area contributed by atoms with E-state index in [0.717, 1.165) is 61.0 Å². The summed E-state index contributed by atoms with van der Waals surface area (Å²) in [6.07, 6.45) is 7.15. The summed E-state index contributed by atoms with van der Waals surface area (Å²) in [6, 6.07) is 10.8. The van der Waals surface area contributed by atoms with Gasteiger partial charge in [-0.2, -0.15) is 0 Å². The molecule has 0 spiro atoms. The second-order valence-electron chi connectivity index (χ2n) is 8.62. The molecule has 0 saturated heterocycles. The first-order valence-electron chi connectivity index (χ1n) is 11.6. The van der Waals surface area contributed by atoms with E-state index in [0.29, 0.717) is 25.0 Å². The van der Waals surface area contributed by atoms with Crippen LogP contribution >= 0.6 is 0 Å². The Bertz CT molecular complexity index is 927. The number of carbonyl (C=O) groups excluding carboxylic acids is 2. The van der Waals surface area contributed by atoms with Crippen LogP contribution in [0.5, 0.6) is 0 Å². The summed E-state index contributed by atoms with van der Waals surface area (Å²) in [5, 5.41) is 0. The molecule has 1 aromatic heterocycles. The molecule has 0 saturated carbocycles. The number of Topliss-reactive ketones (excluding diaryl/α,β-unsaturated/α-hetero) is 2. The number of allylic oxidation sites excluding steroid dienone is 1. The van der Waals surface area contributed by atoms with Crippen molar-refractivity contribution in [2.75, 3.05) is 0 Å². The van der Waals surface area contributed by atoms with Gasteiger partial charge in [0, 0.05) is 37.1 Å². The second-order valence-corrected chi connectivity index (χ2v) is 8.62. The van der Waals surface area contributed by atoms with Gasteiger partial charge in [-0.05, 0) is 80.3 Å². The Labute approximate surface area is 188 Å². The van der Waals surface area contributed by atoms with E-state index in [-0.39, 0.29) is 5.78 Å². The molecule has 0 unspecified atom stereocenters. The highest BCUT2D eigenvalue weighted by atomic mass is 16.1. The van der Waals surface area contributed by atoms with Crippen LogP contribution in [-0.2, 0) is 35.3 Å². The van der Waals surface area contributed by atoms with Crippen LogP contribution < -0.4 is 0 Å². The summed E-state index contributed by atoms with van der Waals surface area (Å²) in [7, 11) is 0. The van der Waals surface area contributed by atoms with Crippen LogP contribution in [0.1, 0.15) is 86.5 Å². The highest BCUT2D eigenvalue weighted by Crippen LogP contribution is 2.19. The van der Waals surface area contributed by atoms with Gasteiger partial charge in [-0.15, -0.1) is 0 Å². The van der Waals surface area contributed by atoms with Crippen LogP contribution in [0.3, 0.4) is 0 Å². The normalized spacial score (nSPS) is 10.8. The maximum atomic E-state index is 11.7. The lowest BCUT2D eigenvalue weighted by Gasteiger charge is -2.11. The number of rotatable bonds is 13. The maximum absolute atomic E-state index is 11.7. The summed E-state index contributed by atoms with van der Waals surface area (Å²) in [4.78, 5) is 28.0. The molecule has 0 aliphatic heterocycles. The van der Waals surface area contributed by atoms with Gasteiger partial charge in [-0.25, -0.2) is 0 Å². The lowest BCUT2D eigenvalue weighted by molar-refractivity contribution is -0.119. The fourth-order valence-corrected chi connectivity index (χ4v) is 3.77. The third-order valence-electron chi connectivity index (χ3n) is 5.77. The number of aromatic nitrogens is 1. The van der Waals surface area contributed by atoms with E-state index in [1.54, 1.807) is 6.92 Å². The molecule has 3 heteroatoms. The Morgan fingerprint density at radius 3 is 2.32 bits per heavy atom. The predicted molar refractivity (Wildman–Crippen MR) is 129 cm³/mol. The van der Waals surface area contributed by atoms with Crippen LogP contribution in [0.2, 0.25) is 0 Å². The molecule has 0 radical (unpaired) electrons. The minimum Gasteiger partial charge on any atom is -0.300 e. The van der Waals surface area contributed by atoms with Gasteiger partial charge in [-0.3, -0.25) is 14.6 Å². The van der Waals surface area contributed by atoms with Gasteiger partial charge < -0.3 is 0 Å². The number of nitrogens with zero attached hydrogens (tertiary/aromatic N) is 1. The average molecular weight is 420 g/mol. The van der Waals surface area contributed by atoms with Crippen LogP contribution in [0.25, 0.3) is 0 Å². The van der Waals surface area contributed by atoms with E-state index in [1.807, 2.05) is 6.92 Å². The van der Waals surface area contributed by atoms with Gasteiger partial charge in [0.25, 0.3) is 0 Å². The van der Waals surface area contributed by atoms with E-state index < -0.39 is 0 Å². The minimum absolute atomic E-state index is 0.185. The van der Waals surface area contributed by atoms with Crippen molar-refractivity contribution in [1.29, 1.82) is 0 Å². The molecule has 3 nitrogen and oxygen atoms in total. The number of hydrogen-bond acceptors (Lipinski definition) is 3. The molecule has 0 fully saturated rings. The molecule has 31 heavy (non-hydrogen) atoms. The molecular weight excluding hydrogens is 382 g/mol. The molecule has 0 atom stereocenters. The molecule has 166 valence electrons. The summed E-state index contributed by atoms with van der Waals surface area (Å²) >= 11 is 0. The SMILES string of the molecule is C=C(CC)CCc1cc(CCCC(=O)CC)nc(Cc2ccc(CC(C)=O)c(C)c2)c1. The van der Waals surface area contributed by atoms with Crippen LogP contribution in [0, 0.1) is 6.92 Å². The highest BCUT2D eigenvalue weighted by Gasteiger charge is 2.09. The first-order chi connectivity index (χ1) is 14.8. The third-order valence-corrected chi connectivity index (χ3v) is 5.77. The van der Waals surface area contributed by atoms with Crippen molar-refractivity contribution in [2.45, 2.75) is 85.5 Å². The van der Waals surface area contributed by atoms with E-state index >= 15 is 0 Å². The Morgan fingerprint density at radius 1 is 0.935 bits per heavy atom. The van der Waals surface area contributed by atoms with Crippen molar-refractivity contribution in [3.05, 3.63) is 76.1 Å². The monoisotopic (exact) mass is 419 g/mol.